The molecule has 0 amide bonds. The highest BCUT2D eigenvalue weighted by molar-refractivity contribution is 9.10. The minimum absolute atomic E-state index is 0.152. The lowest BCUT2D eigenvalue weighted by Crippen LogP contribution is -2.02. The van der Waals surface area contributed by atoms with Gasteiger partial charge in [0.2, 0.25) is 0 Å². The lowest BCUT2D eigenvalue weighted by Gasteiger charge is -2.09. The quantitative estimate of drug-likeness (QED) is 0.781. The zero-order valence-corrected chi connectivity index (χ0v) is 9.52. The van der Waals surface area contributed by atoms with Crippen LogP contribution in [0, 0.1) is 5.82 Å². The molecule has 0 heterocycles. The number of ketones is 1. The second kappa shape index (κ2) is 4.55. The largest absolute Gasteiger partial charge is 0.493 e. The fourth-order valence-electron chi connectivity index (χ4n) is 1.16. The summed E-state index contributed by atoms with van der Waals surface area (Å²) in [6.45, 7) is 3.60. The molecule has 0 aliphatic rings. The highest BCUT2D eigenvalue weighted by Gasteiger charge is 2.14. The first-order valence-electron chi connectivity index (χ1n) is 4.19. The number of benzene rings is 1. The first-order valence-corrected chi connectivity index (χ1v) is 4.98. The highest BCUT2D eigenvalue weighted by atomic mass is 79.9. The number of rotatable bonds is 3. The van der Waals surface area contributed by atoms with Gasteiger partial charge in [0.25, 0.3) is 0 Å². The summed E-state index contributed by atoms with van der Waals surface area (Å²) in [6, 6.07) is 2.46. The minimum Gasteiger partial charge on any atom is -0.493 e. The van der Waals surface area contributed by atoms with E-state index in [1.165, 1.54) is 19.1 Å². The minimum atomic E-state index is -0.426. The van der Waals surface area contributed by atoms with Crippen LogP contribution in [-0.2, 0) is 0 Å². The van der Waals surface area contributed by atoms with Gasteiger partial charge >= 0.3 is 0 Å². The van der Waals surface area contributed by atoms with Crippen molar-refractivity contribution in [2.45, 2.75) is 13.8 Å². The highest BCUT2D eigenvalue weighted by Crippen LogP contribution is 2.28. The summed E-state index contributed by atoms with van der Waals surface area (Å²) in [4.78, 5) is 11.2. The molecule has 0 radical (unpaired) electrons. The Morgan fingerprint density at radius 2 is 2.21 bits per heavy atom. The van der Waals surface area contributed by atoms with E-state index in [2.05, 4.69) is 15.9 Å². The number of carbonyl (C=O) groups excluding carboxylic acids is 1. The van der Waals surface area contributed by atoms with Crippen LogP contribution in [0.25, 0.3) is 0 Å². The van der Waals surface area contributed by atoms with Crippen LogP contribution in [0.3, 0.4) is 0 Å². The van der Waals surface area contributed by atoms with Crippen LogP contribution in [-0.4, -0.2) is 12.4 Å². The molecule has 2 nitrogen and oxygen atoms in total. The van der Waals surface area contributed by atoms with E-state index in [9.17, 15) is 9.18 Å². The van der Waals surface area contributed by atoms with Gasteiger partial charge in [-0.05, 0) is 35.8 Å². The molecule has 0 fully saturated rings. The van der Waals surface area contributed by atoms with Gasteiger partial charge in [0, 0.05) is 10.5 Å². The van der Waals surface area contributed by atoms with Crippen LogP contribution in [0.1, 0.15) is 24.2 Å². The smallest absolute Gasteiger partial charge is 0.164 e. The van der Waals surface area contributed by atoms with Crippen molar-refractivity contribution in [1.82, 2.24) is 0 Å². The van der Waals surface area contributed by atoms with Crippen LogP contribution >= 0.6 is 15.9 Å². The predicted molar refractivity (Wildman–Crippen MR) is 55.3 cm³/mol. The Balaban J connectivity index is 3.28. The van der Waals surface area contributed by atoms with E-state index in [-0.39, 0.29) is 11.5 Å². The summed E-state index contributed by atoms with van der Waals surface area (Å²) < 4.78 is 18.6. The van der Waals surface area contributed by atoms with Gasteiger partial charge in [0.05, 0.1) is 12.2 Å². The molecule has 1 aromatic rings. The molecule has 14 heavy (non-hydrogen) atoms. The average Bonchev–Trinajstić information content (AvgIpc) is 2.01. The number of Topliss-reactive ketones (excluding diaryl/α,β-unsaturated/α-hetero) is 1. The van der Waals surface area contributed by atoms with Crippen molar-refractivity contribution < 1.29 is 13.9 Å². The van der Waals surface area contributed by atoms with Crippen LogP contribution in [0.2, 0.25) is 0 Å². The van der Waals surface area contributed by atoms with Crippen LogP contribution in [0.5, 0.6) is 5.75 Å². The predicted octanol–water partition coefficient (Wildman–Crippen LogP) is 3.19. The molecule has 0 aliphatic carbocycles. The van der Waals surface area contributed by atoms with Crippen LogP contribution in [0.4, 0.5) is 4.39 Å². The summed E-state index contributed by atoms with van der Waals surface area (Å²) >= 11 is 3.13. The van der Waals surface area contributed by atoms with E-state index < -0.39 is 5.82 Å². The van der Waals surface area contributed by atoms with Gasteiger partial charge in [-0.25, -0.2) is 4.39 Å². The molecule has 0 aliphatic heterocycles. The fraction of sp³-hybridized carbons (Fsp3) is 0.300. The average molecular weight is 261 g/mol. The Labute approximate surface area is 90.2 Å². The van der Waals surface area contributed by atoms with Gasteiger partial charge in [0.1, 0.15) is 11.6 Å². The van der Waals surface area contributed by atoms with Gasteiger partial charge in [0.15, 0.2) is 5.78 Å². The van der Waals surface area contributed by atoms with Crippen LogP contribution < -0.4 is 4.74 Å². The third kappa shape index (κ3) is 2.32. The second-order valence-corrected chi connectivity index (χ2v) is 3.60. The molecule has 76 valence electrons. The van der Waals surface area contributed by atoms with E-state index in [4.69, 9.17) is 4.74 Å². The first-order chi connectivity index (χ1) is 6.56. The second-order valence-electron chi connectivity index (χ2n) is 2.75. The molecule has 0 saturated carbocycles. The monoisotopic (exact) mass is 260 g/mol. The molecular weight excluding hydrogens is 251 g/mol. The number of hydrogen-bond acceptors (Lipinski definition) is 2. The van der Waals surface area contributed by atoms with Crippen molar-refractivity contribution in [3.63, 3.8) is 0 Å². The maximum atomic E-state index is 13.0. The summed E-state index contributed by atoms with van der Waals surface area (Å²) in [6.07, 6.45) is 0. The zero-order valence-electron chi connectivity index (χ0n) is 7.93. The van der Waals surface area contributed by atoms with Crippen LogP contribution in [0.15, 0.2) is 16.6 Å². The van der Waals surface area contributed by atoms with E-state index >= 15 is 0 Å². The summed E-state index contributed by atoms with van der Waals surface area (Å²) in [5.74, 6) is -0.294. The Kier molecular flexibility index (Phi) is 3.63. The van der Waals surface area contributed by atoms with Crippen molar-refractivity contribution in [2.24, 2.45) is 0 Å². The normalized spacial score (nSPS) is 10.0. The molecule has 0 atom stereocenters. The Hall–Kier alpha value is -0.900. The molecule has 0 bridgehead atoms. The summed E-state index contributed by atoms with van der Waals surface area (Å²) in [5.41, 5.74) is 0.383. The lowest BCUT2D eigenvalue weighted by molar-refractivity contribution is 0.101. The lowest BCUT2D eigenvalue weighted by atomic mass is 10.1. The number of hydrogen-bond donors (Lipinski definition) is 0. The molecule has 0 saturated heterocycles. The topological polar surface area (TPSA) is 26.3 Å². The molecule has 0 aromatic heterocycles. The number of halogens is 2. The standard InChI is InChI=1S/C10H10BrFO2/c1-3-14-9-5-7(12)4-8(11)10(9)6(2)13/h4-5H,3H2,1-2H3. The molecule has 0 N–H and O–H groups in total. The fourth-order valence-corrected chi connectivity index (χ4v) is 1.85. The third-order valence-corrected chi connectivity index (χ3v) is 2.30. The van der Waals surface area contributed by atoms with Gasteiger partial charge in [-0.1, -0.05) is 0 Å². The Bertz CT molecular complexity index is 363. The SMILES string of the molecule is CCOc1cc(F)cc(Br)c1C(C)=O. The molecule has 1 rings (SSSR count). The zero-order chi connectivity index (χ0) is 10.7. The Morgan fingerprint density at radius 3 is 2.71 bits per heavy atom. The van der Waals surface area contributed by atoms with E-state index in [1.54, 1.807) is 6.92 Å². The van der Waals surface area contributed by atoms with Crippen molar-refractivity contribution >= 4 is 21.7 Å². The maximum Gasteiger partial charge on any atom is 0.164 e. The third-order valence-electron chi connectivity index (χ3n) is 1.67. The van der Waals surface area contributed by atoms with Crippen molar-refractivity contribution in [3.05, 3.63) is 28.0 Å². The maximum absolute atomic E-state index is 13.0. The van der Waals surface area contributed by atoms with E-state index in [0.29, 0.717) is 16.6 Å². The summed E-state index contributed by atoms with van der Waals surface area (Å²) in [5, 5.41) is 0. The van der Waals surface area contributed by atoms with Crippen molar-refractivity contribution in [3.8, 4) is 5.75 Å². The van der Waals surface area contributed by atoms with Crippen molar-refractivity contribution in [1.29, 1.82) is 0 Å². The number of carbonyl (C=O) groups is 1. The van der Waals surface area contributed by atoms with E-state index in [0.717, 1.165) is 0 Å². The summed E-state index contributed by atoms with van der Waals surface area (Å²) in [7, 11) is 0. The molecule has 0 spiro atoms. The van der Waals surface area contributed by atoms with Gasteiger partial charge < -0.3 is 4.74 Å². The molecule has 1 aromatic carbocycles. The van der Waals surface area contributed by atoms with E-state index in [1.807, 2.05) is 0 Å². The Morgan fingerprint density at radius 1 is 1.57 bits per heavy atom. The molecule has 0 unspecified atom stereocenters. The van der Waals surface area contributed by atoms with Gasteiger partial charge in [-0.2, -0.15) is 0 Å². The van der Waals surface area contributed by atoms with Gasteiger partial charge in [-0.3, -0.25) is 4.79 Å². The number of ether oxygens (including phenoxy) is 1. The molecule has 4 heteroatoms. The molecular formula is C10H10BrFO2. The first kappa shape index (κ1) is 11.2. The van der Waals surface area contributed by atoms with Crippen molar-refractivity contribution in [2.75, 3.05) is 6.61 Å². The van der Waals surface area contributed by atoms with Gasteiger partial charge in [-0.15, -0.1) is 0 Å².